The molecule has 0 spiro atoms. The summed E-state index contributed by atoms with van der Waals surface area (Å²) in [7, 11) is 0. The van der Waals surface area contributed by atoms with Crippen LogP contribution in [0, 0.1) is 0 Å². The van der Waals surface area contributed by atoms with Gasteiger partial charge in [-0.3, -0.25) is 4.79 Å². The van der Waals surface area contributed by atoms with E-state index >= 15 is 0 Å². The SMILES string of the molecule is CC(C)=C(C)N(/C(C)=C/C=O)C1CCC1. The highest BCUT2D eigenvalue weighted by Crippen LogP contribution is 2.31. The van der Waals surface area contributed by atoms with E-state index in [1.165, 1.54) is 30.5 Å². The normalized spacial score (nSPS) is 16.9. The molecule has 1 saturated carbocycles. The summed E-state index contributed by atoms with van der Waals surface area (Å²) in [5.41, 5.74) is 3.67. The lowest BCUT2D eigenvalue weighted by Crippen LogP contribution is -2.38. The van der Waals surface area contributed by atoms with Crippen LogP contribution >= 0.6 is 0 Å². The van der Waals surface area contributed by atoms with Gasteiger partial charge in [0.1, 0.15) is 6.29 Å². The maximum atomic E-state index is 10.5. The Labute approximate surface area is 92.7 Å². The van der Waals surface area contributed by atoms with E-state index in [1.54, 1.807) is 6.08 Å². The summed E-state index contributed by atoms with van der Waals surface area (Å²) in [6, 6.07) is 0.607. The molecule has 84 valence electrons. The predicted molar refractivity (Wildman–Crippen MR) is 63.3 cm³/mol. The van der Waals surface area contributed by atoms with Crippen LogP contribution in [0.4, 0.5) is 0 Å². The molecule has 0 atom stereocenters. The molecule has 15 heavy (non-hydrogen) atoms. The zero-order valence-electron chi connectivity index (χ0n) is 10.2. The highest BCUT2D eigenvalue weighted by Gasteiger charge is 2.26. The Morgan fingerprint density at radius 1 is 1.20 bits per heavy atom. The van der Waals surface area contributed by atoms with Crippen molar-refractivity contribution in [2.75, 3.05) is 0 Å². The molecule has 0 saturated heterocycles. The molecular weight excluding hydrogens is 186 g/mol. The maximum absolute atomic E-state index is 10.5. The zero-order chi connectivity index (χ0) is 11.4. The van der Waals surface area contributed by atoms with Crippen molar-refractivity contribution in [3.05, 3.63) is 23.0 Å². The molecule has 0 aliphatic heterocycles. The summed E-state index contributed by atoms with van der Waals surface area (Å²) in [5, 5.41) is 0. The van der Waals surface area contributed by atoms with E-state index in [9.17, 15) is 4.79 Å². The van der Waals surface area contributed by atoms with Crippen molar-refractivity contribution in [3.8, 4) is 0 Å². The van der Waals surface area contributed by atoms with Gasteiger partial charge in [0.15, 0.2) is 0 Å². The van der Waals surface area contributed by atoms with Gasteiger partial charge in [-0.15, -0.1) is 0 Å². The Hall–Kier alpha value is -1.05. The van der Waals surface area contributed by atoms with Crippen molar-refractivity contribution in [1.29, 1.82) is 0 Å². The summed E-state index contributed by atoms with van der Waals surface area (Å²) in [6.45, 7) is 8.39. The minimum absolute atomic E-state index is 0.607. The zero-order valence-corrected chi connectivity index (χ0v) is 10.2. The van der Waals surface area contributed by atoms with Crippen molar-refractivity contribution in [2.24, 2.45) is 0 Å². The molecule has 0 aromatic rings. The van der Waals surface area contributed by atoms with E-state index in [-0.39, 0.29) is 0 Å². The number of allylic oxidation sites excluding steroid dienone is 4. The second kappa shape index (κ2) is 5.15. The first-order valence-electron chi connectivity index (χ1n) is 5.63. The van der Waals surface area contributed by atoms with E-state index in [1.807, 2.05) is 6.92 Å². The number of aldehydes is 1. The molecule has 1 rings (SSSR count). The fourth-order valence-corrected chi connectivity index (χ4v) is 1.89. The molecule has 0 amide bonds. The van der Waals surface area contributed by atoms with Crippen LogP contribution in [-0.4, -0.2) is 17.2 Å². The van der Waals surface area contributed by atoms with Crippen molar-refractivity contribution in [3.63, 3.8) is 0 Å². The van der Waals surface area contributed by atoms with Crippen molar-refractivity contribution >= 4 is 6.29 Å². The van der Waals surface area contributed by atoms with Crippen molar-refractivity contribution in [1.82, 2.24) is 4.90 Å². The first-order valence-corrected chi connectivity index (χ1v) is 5.63. The molecule has 0 bridgehead atoms. The van der Waals surface area contributed by atoms with Crippen molar-refractivity contribution < 1.29 is 4.79 Å². The summed E-state index contributed by atoms with van der Waals surface area (Å²) >= 11 is 0. The van der Waals surface area contributed by atoms with E-state index in [2.05, 4.69) is 25.7 Å². The molecule has 0 heterocycles. The number of hydrogen-bond acceptors (Lipinski definition) is 2. The van der Waals surface area contributed by atoms with Gasteiger partial charge in [-0.1, -0.05) is 5.57 Å². The number of hydrogen-bond donors (Lipinski definition) is 0. The van der Waals surface area contributed by atoms with Gasteiger partial charge in [-0.05, 0) is 53.0 Å². The first kappa shape index (κ1) is 12.0. The van der Waals surface area contributed by atoms with Crippen LogP contribution < -0.4 is 0 Å². The quantitative estimate of drug-likeness (QED) is 0.521. The highest BCUT2D eigenvalue weighted by molar-refractivity contribution is 5.65. The Morgan fingerprint density at radius 2 is 1.80 bits per heavy atom. The molecule has 0 aromatic heterocycles. The largest absolute Gasteiger partial charge is 0.346 e. The summed E-state index contributed by atoms with van der Waals surface area (Å²) in [4.78, 5) is 12.8. The smallest absolute Gasteiger partial charge is 0.144 e. The first-order chi connectivity index (χ1) is 7.07. The summed E-state index contributed by atoms with van der Waals surface area (Å²) < 4.78 is 0. The molecule has 0 aromatic carbocycles. The molecule has 0 unspecified atom stereocenters. The Morgan fingerprint density at radius 3 is 2.13 bits per heavy atom. The van der Waals surface area contributed by atoms with Crippen LogP contribution in [0.25, 0.3) is 0 Å². The van der Waals surface area contributed by atoms with Crippen LogP contribution in [0.15, 0.2) is 23.0 Å². The lowest BCUT2D eigenvalue weighted by Gasteiger charge is -2.40. The van der Waals surface area contributed by atoms with Crippen LogP contribution in [-0.2, 0) is 4.79 Å². The maximum Gasteiger partial charge on any atom is 0.144 e. The number of carbonyl (C=O) groups is 1. The van der Waals surface area contributed by atoms with E-state index in [0.29, 0.717) is 6.04 Å². The second-order valence-electron chi connectivity index (χ2n) is 4.48. The van der Waals surface area contributed by atoms with Crippen LogP contribution in [0.3, 0.4) is 0 Å². The van der Waals surface area contributed by atoms with Gasteiger partial charge < -0.3 is 4.90 Å². The number of rotatable bonds is 4. The van der Waals surface area contributed by atoms with Gasteiger partial charge in [0.2, 0.25) is 0 Å². The summed E-state index contributed by atoms with van der Waals surface area (Å²) in [6.07, 6.45) is 6.33. The third-order valence-electron chi connectivity index (χ3n) is 3.21. The van der Waals surface area contributed by atoms with Gasteiger partial charge in [0.25, 0.3) is 0 Å². The number of nitrogens with zero attached hydrogens (tertiary/aromatic N) is 1. The fraction of sp³-hybridized carbons (Fsp3) is 0.615. The molecule has 0 N–H and O–H groups in total. The average molecular weight is 207 g/mol. The molecule has 2 heteroatoms. The van der Waals surface area contributed by atoms with Gasteiger partial charge in [0.05, 0.1) is 0 Å². The average Bonchev–Trinajstić information content (AvgIpc) is 2.09. The van der Waals surface area contributed by atoms with E-state index in [4.69, 9.17) is 0 Å². The molecule has 2 nitrogen and oxygen atoms in total. The lowest BCUT2D eigenvalue weighted by atomic mass is 9.90. The van der Waals surface area contributed by atoms with E-state index in [0.717, 1.165) is 12.0 Å². The Bertz CT molecular complexity index is 294. The van der Waals surface area contributed by atoms with Gasteiger partial charge in [0, 0.05) is 17.4 Å². The van der Waals surface area contributed by atoms with Crippen LogP contribution in [0.2, 0.25) is 0 Å². The van der Waals surface area contributed by atoms with Crippen LogP contribution in [0.5, 0.6) is 0 Å². The topological polar surface area (TPSA) is 20.3 Å². The fourth-order valence-electron chi connectivity index (χ4n) is 1.89. The molecule has 1 aliphatic carbocycles. The second-order valence-corrected chi connectivity index (χ2v) is 4.48. The third kappa shape index (κ3) is 2.71. The van der Waals surface area contributed by atoms with Crippen molar-refractivity contribution in [2.45, 2.75) is 53.0 Å². The third-order valence-corrected chi connectivity index (χ3v) is 3.21. The minimum Gasteiger partial charge on any atom is -0.346 e. The molecule has 1 aliphatic rings. The monoisotopic (exact) mass is 207 g/mol. The minimum atomic E-state index is 0.607. The number of carbonyl (C=O) groups excluding carboxylic acids is 1. The lowest BCUT2D eigenvalue weighted by molar-refractivity contribution is -0.104. The van der Waals surface area contributed by atoms with Gasteiger partial charge in [-0.25, -0.2) is 0 Å². The molecular formula is C13H21NO. The standard InChI is InChI=1S/C13H21NO/c1-10(2)12(4)14(11(3)8-9-15)13-6-5-7-13/h8-9,13H,5-7H2,1-4H3/b11-8+. The Balaban J connectivity index is 2.92. The molecule has 0 radical (unpaired) electrons. The van der Waals surface area contributed by atoms with E-state index < -0.39 is 0 Å². The van der Waals surface area contributed by atoms with Crippen LogP contribution in [0.1, 0.15) is 47.0 Å². The summed E-state index contributed by atoms with van der Waals surface area (Å²) in [5.74, 6) is 0. The Kier molecular flexibility index (Phi) is 4.13. The molecule has 1 fully saturated rings. The highest BCUT2D eigenvalue weighted by atomic mass is 16.1. The predicted octanol–water partition coefficient (Wildman–Crippen LogP) is 3.26. The van der Waals surface area contributed by atoms with Gasteiger partial charge in [-0.2, -0.15) is 0 Å². The van der Waals surface area contributed by atoms with Gasteiger partial charge >= 0.3 is 0 Å².